The Labute approximate surface area is 71.9 Å². The fourth-order valence-electron chi connectivity index (χ4n) is 1.46. The van der Waals surface area contributed by atoms with Crippen molar-refractivity contribution in [3.05, 3.63) is 0 Å². The Morgan fingerprint density at radius 3 is 2.83 bits per heavy atom. The summed E-state index contributed by atoms with van der Waals surface area (Å²) in [6, 6.07) is 0.0231. The summed E-state index contributed by atoms with van der Waals surface area (Å²) >= 11 is 0. The van der Waals surface area contributed by atoms with Gasteiger partial charge in [-0.05, 0) is 6.92 Å². The molecule has 1 fully saturated rings. The molecule has 4 nitrogen and oxygen atoms in total. The van der Waals surface area contributed by atoms with Crippen LogP contribution in [0.3, 0.4) is 0 Å². The molecule has 1 heterocycles. The predicted octanol–water partition coefficient (Wildman–Crippen LogP) is -0.257. The molecule has 1 aliphatic rings. The van der Waals surface area contributed by atoms with Crippen molar-refractivity contribution >= 4 is 11.8 Å². The summed E-state index contributed by atoms with van der Waals surface area (Å²) in [7, 11) is 0. The van der Waals surface area contributed by atoms with Crippen LogP contribution in [0.5, 0.6) is 0 Å². The summed E-state index contributed by atoms with van der Waals surface area (Å²) in [4.78, 5) is 23.6. The van der Waals surface area contributed by atoms with E-state index < -0.39 is 0 Å². The second kappa shape index (κ2) is 3.56. The van der Waals surface area contributed by atoms with E-state index in [1.807, 2.05) is 6.92 Å². The molecule has 12 heavy (non-hydrogen) atoms. The molecule has 0 aromatic heterocycles. The molecule has 0 aromatic carbocycles. The molecule has 2 amide bonds. The van der Waals surface area contributed by atoms with Gasteiger partial charge < -0.3 is 10.2 Å². The smallest absolute Gasteiger partial charge is 0.224 e. The van der Waals surface area contributed by atoms with E-state index in [2.05, 4.69) is 5.32 Å². The monoisotopic (exact) mass is 170 g/mol. The molecule has 4 heteroatoms. The third kappa shape index (κ3) is 1.96. The summed E-state index contributed by atoms with van der Waals surface area (Å²) < 4.78 is 0. The van der Waals surface area contributed by atoms with Crippen LogP contribution in [0.25, 0.3) is 0 Å². The minimum absolute atomic E-state index is 0.0231. The Morgan fingerprint density at radius 1 is 1.75 bits per heavy atom. The van der Waals surface area contributed by atoms with Crippen LogP contribution < -0.4 is 5.32 Å². The first-order chi connectivity index (χ1) is 5.63. The van der Waals surface area contributed by atoms with E-state index in [-0.39, 0.29) is 17.9 Å². The highest BCUT2D eigenvalue weighted by Gasteiger charge is 2.28. The van der Waals surface area contributed by atoms with Gasteiger partial charge in [0.1, 0.15) is 0 Å². The van der Waals surface area contributed by atoms with E-state index in [9.17, 15) is 9.59 Å². The first-order valence-electron chi connectivity index (χ1n) is 4.18. The highest BCUT2D eigenvalue weighted by molar-refractivity contribution is 5.81. The third-order valence-corrected chi connectivity index (χ3v) is 2.00. The highest BCUT2D eigenvalue weighted by Crippen LogP contribution is 2.09. The topological polar surface area (TPSA) is 49.4 Å². The Hall–Kier alpha value is -1.06. The SMILES string of the molecule is CCN1C[C@H](NC(C)=O)CC1=O. The fourth-order valence-corrected chi connectivity index (χ4v) is 1.46. The minimum Gasteiger partial charge on any atom is -0.351 e. The normalized spacial score (nSPS) is 23.0. The fraction of sp³-hybridized carbons (Fsp3) is 0.750. The van der Waals surface area contributed by atoms with Gasteiger partial charge in [-0.3, -0.25) is 9.59 Å². The molecule has 0 radical (unpaired) electrons. The van der Waals surface area contributed by atoms with Gasteiger partial charge >= 0.3 is 0 Å². The lowest BCUT2D eigenvalue weighted by Crippen LogP contribution is -2.35. The van der Waals surface area contributed by atoms with Crippen LogP contribution >= 0.6 is 0 Å². The van der Waals surface area contributed by atoms with Crippen LogP contribution in [0.2, 0.25) is 0 Å². The molecular formula is C8H14N2O2. The molecule has 68 valence electrons. The molecule has 0 saturated carbocycles. The van der Waals surface area contributed by atoms with E-state index in [1.54, 1.807) is 4.90 Å². The molecule has 0 unspecified atom stereocenters. The van der Waals surface area contributed by atoms with E-state index in [0.29, 0.717) is 13.0 Å². The Kier molecular flexibility index (Phi) is 2.68. The number of rotatable bonds is 2. The number of hydrogen-bond acceptors (Lipinski definition) is 2. The number of likely N-dealkylation sites (N-methyl/N-ethyl adjacent to an activating group) is 1. The molecule has 1 rings (SSSR count). The maximum absolute atomic E-state index is 11.2. The van der Waals surface area contributed by atoms with Crippen LogP contribution in [0.4, 0.5) is 0 Å². The van der Waals surface area contributed by atoms with Crippen LogP contribution in [-0.2, 0) is 9.59 Å². The molecular weight excluding hydrogens is 156 g/mol. The summed E-state index contributed by atoms with van der Waals surface area (Å²) in [5.41, 5.74) is 0. The Balaban J connectivity index is 2.43. The zero-order chi connectivity index (χ0) is 9.14. The minimum atomic E-state index is -0.0641. The van der Waals surface area contributed by atoms with Crippen molar-refractivity contribution in [1.29, 1.82) is 0 Å². The van der Waals surface area contributed by atoms with Crippen LogP contribution in [0.1, 0.15) is 20.3 Å². The molecule has 1 atom stereocenters. The van der Waals surface area contributed by atoms with E-state index in [0.717, 1.165) is 6.54 Å². The average molecular weight is 170 g/mol. The van der Waals surface area contributed by atoms with Crippen LogP contribution in [0.15, 0.2) is 0 Å². The number of likely N-dealkylation sites (tertiary alicyclic amines) is 1. The van der Waals surface area contributed by atoms with Crippen molar-refractivity contribution in [3.63, 3.8) is 0 Å². The lowest BCUT2D eigenvalue weighted by atomic mass is 10.2. The summed E-state index contributed by atoms with van der Waals surface area (Å²) in [6.45, 7) is 4.80. The van der Waals surface area contributed by atoms with Gasteiger partial charge in [0.15, 0.2) is 0 Å². The van der Waals surface area contributed by atoms with Crippen molar-refractivity contribution in [2.75, 3.05) is 13.1 Å². The largest absolute Gasteiger partial charge is 0.351 e. The van der Waals surface area contributed by atoms with Gasteiger partial charge in [0.05, 0.1) is 6.04 Å². The second-order valence-corrected chi connectivity index (χ2v) is 3.03. The Bertz CT molecular complexity index is 203. The van der Waals surface area contributed by atoms with Crippen molar-refractivity contribution < 1.29 is 9.59 Å². The number of amides is 2. The van der Waals surface area contributed by atoms with Crippen molar-refractivity contribution in [2.45, 2.75) is 26.3 Å². The predicted molar refractivity (Wildman–Crippen MR) is 44.5 cm³/mol. The van der Waals surface area contributed by atoms with Gasteiger partial charge in [-0.2, -0.15) is 0 Å². The van der Waals surface area contributed by atoms with E-state index in [4.69, 9.17) is 0 Å². The van der Waals surface area contributed by atoms with Gasteiger partial charge in [0.2, 0.25) is 11.8 Å². The lowest BCUT2D eigenvalue weighted by molar-refractivity contribution is -0.127. The maximum atomic E-state index is 11.2. The zero-order valence-electron chi connectivity index (χ0n) is 7.46. The first kappa shape index (κ1) is 9.03. The summed E-state index contributed by atoms with van der Waals surface area (Å²) in [5, 5.41) is 2.74. The molecule has 0 bridgehead atoms. The third-order valence-electron chi connectivity index (χ3n) is 2.00. The number of carbonyl (C=O) groups excluding carboxylic acids is 2. The maximum Gasteiger partial charge on any atom is 0.224 e. The Morgan fingerprint density at radius 2 is 2.42 bits per heavy atom. The van der Waals surface area contributed by atoms with Crippen LogP contribution in [0, 0.1) is 0 Å². The molecule has 1 N–H and O–H groups in total. The summed E-state index contributed by atoms with van der Waals surface area (Å²) in [6.07, 6.45) is 0.452. The zero-order valence-corrected chi connectivity index (χ0v) is 7.46. The summed E-state index contributed by atoms with van der Waals surface area (Å²) in [5.74, 6) is 0.0713. The van der Waals surface area contributed by atoms with Gasteiger partial charge in [0, 0.05) is 26.4 Å². The number of hydrogen-bond donors (Lipinski definition) is 1. The second-order valence-electron chi connectivity index (χ2n) is 3.03. The van der Waals surface area contributed by atoms with Crippen molar-refractivity contribution in [3.8, 4) is 0 Å². The standard InChI is InChI=1S/C8H14N2O2/c1-3-10-5-7(4-8(10)12)9-6(2)11/h7H,3-5H2,1-2H3,(H,9,11)/t7-/m1/s1. The molecule has 0 aliphatic carbocycles. The van der Waals surface area contributed by atoms with Gasteiger partial charge in [-0.1, -0.05) is 0 Å². The first-order valence-corrected chi connectivity index (χ1v) is 4.18. The van der Waals surface area contributed by atoms with E-state index in [1.165, 1.54) is 6.92 Å². The lowest BCUT2D eigenvalue weighted by Gasteiger charge is -2.13. The highest BCUT2D eigenvalue weighted by atomic mass is 16.2. The van der Waals surface area contributed by atoms with Crippen molar-refractivity contribution in [1.82, 2.24) is 10.2 Å². The number of nitrogens with zero attached hydrogens (tertiary/aromatic N) is 1. The molecule has 0 spiro atoms. The van der Waals surface area contributed by atoms with Gasteiger partial charge in [-0.15, -0.1) is 0 Å². The van der Waals surface area contributed by atoms with E-state index >= 15 is 0 Å². The molecule has 0 aromatic rings. The number of carbonyl (C=O) groups is 2. The average Bonchev–Trinajstić information content (AvgIpc) is 2.29. The molecule has 1 aliphatic heterocycles. The van der Waals surface area contributed by atoms with Crippen molar-refractivity contribution in [2.24, 2.45) is 0 Å². The van der Waals surface area contributed by atoms with Gasteiger partial charge in [0.25, 0.3) is 0 Å². The quantitative estimate of drug-likeness (QED) is 0.621. The van der Waals surface area contributed by atoms with Gasteiger partial charge in [-0.25, -0.2) is 0 Å². The van der Waals surface area contributed by atoms with Crippen LogP contribution in [-0.4, -0.2) is 35.8 Å². The number of nitrogens with one attached hydrogen (secondary N) is 1. The molecule has 1 saturated heterocycles.